The number of carbonyl (C=O) groups is 3. The van der Waals surface area contributed by atoms with Crippen LogP contribution in [0.3, 0.4) is 0 Å². The highest BCUT2D eigenvalue weighted by atomic mass is 16.2. The van der Waals surface area contributed by atoms with E-state index in [2.05, 4.69) is 15.6 Å². The Kier molecular flexibility index (Phi) is 5.65. The Balaban J connectivity index is 1.34. The largest absolute Gasteiger partial charge is 0.344 e. The van der Waals surface area contributed by atoms with E-state index in [-0.39, 0.29) is 17.8 Å². The monoisotopic (exact) mass is 407 g/mol. The van der Waals surface area contributed by atoms with Crippen molar-refractivity contribution in [1.82, 2.24) is 20.1 Å². The molecule has 0 bridgehead atoms. The molecule has 8 nitrogen and oxygen atoms in total. The Morgan fingerprint density at radius 1 is 1.10 bits per heavy atom. The maximum atomic E-state index is 12.6. The molecule has 1 saturated heterocycles. The molecular weight excluding hydrogens is 382 g/mol. The van der Waals surface area contributed by atoms with E-state index in [1.54, 1.807) is 47.3 Å². The van der Waals surface area contributed by atoms with Crippen molar-refractivity contribution in [2.75, 3.05) is 18.9 Å². The zero-order valence-corrected chi connectivity index (χ0v) is 16.9. The zero-order chi connectivity index (χ0) is 21.1. The topological polar surface area (TPSA) is 94.6 Å². The van der Waals surface area contributed by atoms with Crippen molar-refractivity contribution in [2.45, 2.75) is 38.4 Å². The first kappa shape index (κ1) is 19.9. The summed E-state index contributed by atoms with van der Waals surface area (Å²) in [5.41, 5.74) is 3.02. The number of likely N-dealkylation sites (tertiary alicyclic amines) is 1. The van der Waals surface area contributed by atoms with Crippen molar-refractivity contribution in [1.29, 1.82) is 0 Å². The van der Waals surface area contributed by atoms with E-state index < -0.39 is 6.04 Å². The lowest BCUT2D eigenvalue weighted by Crippen LogP contribution is -2.46. The van der Waals surface area contributed by atoms with Crippen LogP contribution in [0.1, 0.15) is 40.9 Å². The average molecular weight is 407 g/mol. The standard InChI is InChI=1S/C22H25N5O3/c1-26-12-3-2-6-18(21(26)29)25-20(28)15-7-9-17(10-8-15)24-22(30)27-13-16-5-4-11-23-19(16)14-27/h4-5,7-11,18H,2-3,6,12-14H2,1H3,(H,24,30)(H,25,28). The van der Waals surface area contributed by atoms with Gasteiger partial charge in [0.2, 0.25) is 5.91 Å². The summed E-state index contributed by atoms with van der Waals surface area (Å²) in [6.45, 7) is 1.73. The minimum atomic E-state index is -0.491. The molecule has 8 heteroatoms. The molecule has 1 aromatic heterocycles. The number of nitrogens with one attached hydrogen (secondary N) is 2. The average Bonchev–Trinajstić information content (AvgIpc) is 3.13. The first-order chi connectivity index (χ1) is 14.5. The molecule has 0 aliphatic carbocycles. The van der Waals surface area contributed by atoms with Gasteiger partial charge in [-0.1, -0.05) is 6.07 Å². The first-order valence-electron chi connectivity index (χ1n) is 10.2. The molecule has 2 N–H and O–H groups in total. The molecule has 1 aromatic carbocycles. The molecule has 3 heterocycles. The van der Waals surface area contributed by atoms with E-state index in [9.17, 15) is 14.4 Å². The summed E-state index contributed by atoms with van der Waals surface area (Å²) in [4.78, 5) is 45.1. The van der Waals surface area contributed by atoms with E-state index in [1.165, 1.54) is 0 Å². The van der Waals surface area contributed by atoms with E-state index in [1.807, 2.05) is 12.1 Å². The van der Waals surface area contributed by atoms with Gasteiger partial charge < -0.3 is 20.4 Å². The van der Waals surface area contributed by atoms with Crippen LogP contribution in [0.25, 0.3) is 0 Å². The number of likely N-dealkylation sites (N-methyl/N-ethyl adjacent to an activating group) is 1. The fraction of sp³-hybridized carbons (Fsp3) is 0.364. The third-order valence-corrected chi connectivity index (χ3v) is 5.59. The van der Waals surface area contributed by atoms with Crippen molar-refractivity contribution < 1.29 is 14.4 Å². The summed E-state index contributed by atoms with van der Waals surface area (Å²) in [7, 11) is 1.76. The van der Waals surface area contributed by atoms with E-state index in [0.717, 1.165) is 30.6 Å². The van der Waals surface area contributed by atoms with Crippen LogP contribution in [0.15, 0.2) is 42.6 Å². The van der Waals surface area contributed by atoms with Crippen molar-refractivity contribution in [3.63, 3.8) is 0 Å². The van der Waals surface area contributed by atoms with Gasteiger partial charge in [0, 0.05) is 37.6 Å². The molecule has 1 atom stereocenters. The molecule has 4 amide bonds. The summed E-state index contributed by atoms with van der Waals surface area (Å²) >= 11 is 0. The van der Waals surface area contributed by atoms with Crippen LogP contribution in [-0.2, 0) is 17.9 Å². The minimum absolute atomic E-state index is 0.0502. The number of hydrogen-bond donors (Lipinski definition) is 2. The summed E-state index contributed by atoms with van der Waals surface area (Å²) in [6, 6.07) is 9.81. The highest BCUT2D eigenvalue weighted by Gasteiger charge is 2.27. The molecular formula is C22H25N5O3. The minimum Gasteiger partial charge on any atom is -0.344 e. The number of nitrogens with zero attached hydrogens (tertiary/aromatic N) is 3. The van der Waals surface area contributed by atoms with E-state index in [0.29, 0.717) is 30.8 Å². The fourth-order valence-electron chi connectivity index (χ4n) is 3.82. The highest BCUT2D eigenvalue weighted by Crippen LogP contribution is 2.21. The van der Waals surface area contributed by atoms with Crippen LogP contribution in [0.5, 0.6) is 0 Å². The van der Waals surface area contributed by atoms with Crippen LogP contribution in [0, 0.1) is 0 Å². The predicted octanol–water partition coefficient (Wildman–Crippen LogP) is 2.37. The van der Waals surface area contributed by atoms with Gasteiger partial charge in [0.25, 0.3) is 5.91 Å². The van der Waals surface area contributed by atoms with Gasteiger partial charge in [-0.3, -0.25) is 14.6 Å². The molecule has 1 fully saturated rings. The number of anilines is 1. The number of amides is 4. The maximum absolute atomic E-state index is 12.6. The van der Waals surface area contributed by atoms with Gasteiger partial charge in [-0.2, -0.15) is 0 Å². The second-order valence-corrected chi connectivity index (χ2v) is 7.75. The molecule has 4 rings (SSSR count). The van der Waals surface area contributed by atoms with Crippen LogP contribution < -0.4 is 10.6 Å². The lowest BCUT2D eigenvalue weighted by Gasteiger charge is -2.21. The number of aromatic nitrogens is 1. The Bertz CT molecular complexity index is 935. The quantitative estimate of drug-likeness (QED) is 0.817. The number of rotatable bonds is 3. The third kappa shape index (κ3) is 4.27. The molecule has 0 radical (unpaired) electrons. The Morgan fingerprint density at radius 2 is 1.90 bits per heavy atom. The third-order valence-electron chi connectivity index (χ3n) is 5.59. The summed E-state index contributed by atoms with van der Waals surface area (Å²) in [5, 5.41) is 5.69. The second-order valence-electron chi connectivity index (χ2n) is 7.75. The van der Waals surface area contributed by atoms with Gasteiger partial charge in [-0.15, -0.1) is 0 Å². The number of hydrogen-bond acceptors (Lipinski definition) is 4. The molecule has 2 aliphatic heterocycles. The molecule has 1 unspecified atom stereocenters. The fourth-order valence-corrected chi connectivity index (χ4v) is 3.82. The van der Waals surface area contributed by atoms with Gasteiger partial charge in [0.05, 0.1) is 12.2 Å². The number of fused-ring (bicyclic) bond motifs is 1. The number of carbonyl (C=O) groups excluding carboxylic acids is 3. The SMILES string of the molecule is CN1CCCCC(NC(=O)c2ccc(NC(=O)N3Cc4cccnc4C3)cc2)C1=O. The van der Waals surface area contributed by atoms with Gasteiger partial charge in [0.1, 0.15) is 6.04 Å². The highest BCUT2D eigenvalue weighted by molar-refractivity contribution is 5.98. The molecule has 0 saturated carbocycles. The Morgan fingerprint density at radius 3 is 2.67 bits per heavy atom. The lowest BCUT2D eigenvalue weighted by atomic mass is 10.1. The Labute approximate surface area is 175 Å². The number of benzene rings is 1. The van der Waals surface area contributed by atoms with Crippen molar-refractivity contribution in [2.24, 2.45) is 0 Å². The smallest absolute Gasteiger partial charge is 0.322 e. The van der Waals surface area contributed by atoms with Gasteiger partial charge >= 0.3 is 6.03 Å². The predicted molar refractivity (Wildman–Crippen MR) is 112 cm³/mol. The molecule has 0 spiro atoms. The van der Waals surface area contributed by atoms with Gasteiger partial charge in [0.15, 0.2) is 0 Å². The van der Waals surface area contributed by atoms with Crippen molar-refractivity contribution >= 4 is 23.5 Å². The summed E-state index contributed by atoms with van der Waals surface area (Å²) in [6.07, 6.45) is 4.23. The van der Waals surface area contributed by atoms with Crippen molar-refractivity contribution in [3.8, 4) is 0 Å². The maximum Gasteiger partial charge on any atom is 0.322 e. The van der Waals surface area contributed by atoms with E-state index >= 15 is 0 Å². The van der Waals surface area contributed by atoms with Crippen LogP contribution in [0.2, 0.25) is 0 Å². The van der Waals surface area contributed by atoms with Crippen LogP contribution in [0.4, 0.5) is 10.5 Å². The van der Waals surface area contributed by atoms with Crippen molar-refractivity contribution in [3.05, 3.63) is 59.4 Å². The molecule has 2 aliphatic rings. The molecule has 2 aromatic rings. The number of pyridine rings is 1. The van der Waals surface area contributed by atoms with Gasteiger partial charge in [-0.05, 0) is 55.2 Å². The first-order valence-corrected chi connectivity index (χ1v) is 10.2. The van der Waals surface area contributed by atoms with E-state index in [4.69, 9.17) is 0 Å². The van der Waals surface area contributed by atoms with Gasteiger partial charge in [-0.25, -0.2) is 4.79 Å². The van der Waals surface area contributed by atoms with Crippen LogP contribution >= 0.6 is 0 Å². The summed E-state index contributed by atoms with van der Waals surface area (Å²) < 4.78 is 0. The van der Waals surface area contributed by atoms with Crippen LogP contribution in [-0.4, -0.2) is 52.3 Å². The lowest BCUT2D eigenvalue weighted by molar-refractivity contribution is -0.131. The number of urea groups is 1. The normalized spacial score (nSPS) is 18.6. The second kappa shape index (κ2) is 8.52. The molecule has 30 heavy (non-hydrogen) atoms. The Hall–Kier alpha value is -3.42. The zero-order valence-electron chi connectivity index (χ0n) is 16.9. The molecule has 156 valence electrons. The summed E-state index contributed by atoms with van der Waals surface area (Å²) in [5.74, 6) is -0.339.